The molecule has 0 aliphatic carbocycles. The summed E-state index contributed by atoms with van der Waals surface area (Å²) in [6.07, 6.45) is 0.650. The van der Waals surface area contributed by atoms with Crippen molar-refractivity contribution in [2.75, 3.05) is 31.0 Å². The SMILES string of the molecule is COc1cc(OC)cc(N2CCC(Nc3nc4ccccc4o3)C2=O)c1. The van der Waals surface area contributed by atoms with E-state index >= 15 is 0 Å². The fraction of sp³-hybridized carbons (Fsp3) is 0.263. The molecule has 1 aliphatic rings. The minimum atomic E-state index is -0.389. The van der Waals surface area contributed by atoms with E-state index in [4.69, 9.17) is 13.9 Å². The Morgan fingerprint density at radius 1 is 1.15 bits per heavy atom. The third-order valence-electron chi connectivity index (χ3n) is 4.44. The molecule has 1 aromatic heterocycles. The molecule has 1 fully saturated rings. The van der Waals surface area contributed by atoms with Crippen LogP contribution in [0.15, 0.2) is 46.9 Å². The van der Waals surface area contributed by atoms with Crippen LogP contribution in [-0.4, -0.2) is 37.7 Å². The molecule has 1 saturated heterocycles. The maximum Gasteiger partial charge on any atom is 0.296 e. The lowest BCUT2D eigenvalue weighted by Gasteiger charge is -2.18. The van der Waals surface area contributed by atoms with Gasteiger partial charge in [-0.3, -0.25) is 4.79 Å². The fourth-order valence-electron chi connectivity index (χ4n) is 3.10. The number of oxazole rings is 1. The molecule has 3 aromatic rings. The minimum absolute atomic E-state index is 0.0393. The molecule has 1 atom stereocenters. The van der Waals surface area contributed by atoms with Crippen LogP contribution < -0.4 is 19.7 Å². The predicted molar refractivity (Wildman–Crippen MR) is 97.9 cm³/mol. The van der Waals surface area contributed by atoms with E-state index in [1.165, 1.54) is 0 Å². The van der Waals surface area contributed by atoms with Gasteiger partial charge in [-0.25, -0.2) is 0 Å². The summed E-state index contributed by atoms with van der Waals surface area (Å²) >= 11 is 0. The van der Waals surface area contributed by atoms with Crippen LogP contribution in [0.2, 0.25) is 0 Å². The van der Waals surface area contributed by atoms with Gasteiger partial charge in [0.15, 0.2) is 5.58 Å². The van der Waals surface area contributed by atoms with E-state index < -0.39 is 0 Å². The fourth-order valence-corrected chi connectivity index (χ4v) is 3.10. The minimum Gasteiger partial charge on any atom is -0.497 e. The molecule has 1 unspecified atom stereocenters. The number of nitrogens with zero attached hydrogens (tertiary/aromatic N) is 2. The molecule has 2 heterocycles. The van der Waals surface area contributed by atoms with E-state index in [2.05, 4.69) is 10.3 Å². The van der Waals surface area contributed by atoms with Gasteiger partial charge in [0.05, 0.1) is 19.9 Å². The van der Waals surface area contributed by atoms with Crippen LogP contribution in [-0.2, 0) is 4.79 Å². The number of hydrogen-bond donors (Lipinski definition) is 1. The Morgan fingerprint density at radius 3 is 2.58 bits per heavy atom. The van der Waals surface area contributed by atoms with Crippen molar-refractivity contribution in [2.45, 2.75) is 12.5 Å². The molecule has 7 heteroatoms. The molecular formula is C19H19N3O4. The number of ether oxygens (including phenoxy) is 2. The maximum absolute atomic E-state index is 12.8. The van der Waals surface area contributed by atoms with Gasteiger partial charge in [0.2, 0.25) is 5.91 Å². The first kappa shape index (κ1) is 16.3. The largest absolute Gasteiger partial charge is 0.497 e. The number of carbonyl (C=O) groups is 1. The molecule has 4 rings (SSSR count). The lowest BCUT2D eigenvalue weighted by atomic mass is 10.2. The van der Waals surface area contributed by atoms with Crippen molar-refractivity contribution in [3.63, 3.8) is 0 Å². The number of fused-ring (bicyclic) bond motifs is 1. The Bertz CT molecular complexity index is 898. The van der Waals surface area contributed by atoms with Crippen molar-refractivity contribution in [3.05, 3.63) is 42.5 Å². The van der Waals surface area contributed by atoms with Gasteiger partial charge < -0.3 is 24.1 Å². The van der Waals surface area contributed by atoms with Gasteiger partial charge >= 0.3 is 0 Å². The zero-order valence-corrected chi connectivity index (χ0v) is 14.6. The summed E-state index contributed by atoms with van der Waals surface area (Å²) in [4.78, 5) is 18.9. The zero-order chi connectivity index (χ0) is 18.1. The summed E-state index contributed by atoms with van der Waals surface area (Å²) in [6, 6.07) is 12.9. The number of rotatable bonds is 5. The number of amides is 1. The van der Waals surface area contributed by atoms with Gasteiger partial charge in [0.25, 0.3) is 6.01 Å². The van der Waals surface area contributed by atoms with Crippen molar-refractivity contribution in [3.8, 4) is 11.5 Å². The van der Waals surface area contributed by atoms with Crippen molar-refractivity contribution in [1.29, 1.82) is 0 Å². The van der Waals surface area contributed by atoms with E-state index in [0.29, 0.717) is 36.1 Å². The van der Waals surface area contributed by atoms with Crippen molar-refractivity contribution >= 4 is 28.7 Å². The van der Waals surface area contributed by atoms with Crippen LogP contribution in [0.4, 0.5) is 11.7 Å². The van der Waals surface area contributed by atoms with Gasteiger partial charge in [-0.2, -0.15) is 4.98 Å². The van der Waals surface area contributed by atoms with Crippen LogP contribution in [0, 0.1) is 0 Å². The molecule has 1 aliphatic heterocycles. The first-order valence-electron chi connectivity index (χ1n) is 8.34. The Morgan fingerprint density at radius 2 is 1.88 bits per heavy atom. The second-order valence-corrected chi connectivity index (χ2v) is 6.03. The molecule has 1 amide bonds. The van der Waals surface area contributed by atoms with Gasteiger partial charge in [0, 0.05) is 24.7 Å². The standard InChI is InChI=1S/C19H19N3O4/c1-24-13-9-12(10-14(11-13)25-2)22-8-7-16(18(22)23)21-19-20-15-5-3-4-6-17(15)26-19/h3-6,9-11,16H,7-8H2,1-2H3,(H,20,21). The molecule has 0 radical (unpaired) electrons. The highest BCUT2D eigenvalue weighted by Gasteiger charge is 2.34. The number of nitrogens with one attached hydrogen (secondary N) is 1. The Balaban J connectivity index is 1.54. The molecule has 134 valence electrons. The molecule has 26 heavy (non-hydrogen) atoms. The number of methoxy groups -OCH3 is 2. The Labute approximate surface area is 150 Å². The lowest BCUT2D eigenvalue weighted by molar-refractivity contribution is -0.117. The number of anilines is 2. The second kappa shape index (κ2) is 6.59. The highest BCUT2D eigenvalue weighted by atomic mass is 16.5. The summed E-state index contributed by atoms with van der Waals surface area (Å²) in [5.74, 6) is 1.24. The lowest BCUT2D eigenvalue weighted by Crippen LogP contribution is -2.33. The number of carbonyl (C=O) groups excluding carboxylic acids is 1. The van der Waals surface area contributed by atoms with E-state index in [1.54, 1.807) is 25.2 Å². The molecular weight excluding hydrogens is 334 g/mol. The number of benzene rings is 2. The summed E-state index contributed by atoms with van der Waals surface area (Å²) < 4.78 is 16.2. The third kappa shape index (κ3) is 2.92. The first-order chi connectivity index (χ1) is 12.7. The van der Waals surface area contributed by atoms with Crippen LogP contribution in [0.1, 0.15) is 6.42 Å². The molecule has 7 nitrogen and oxygen atoms in total. The normalized spacial score (nSPS) is 16.9. The summed E-state index contributed by atoms with van der Waals surface area (Å²) in [7, 11) is 3.17. The van der Waals surface area contributed by atoms with Crippen LogP contribution in [0.3, 0.4) is 0 Å². The third-order valence-corrected chi connectivity index (χ3v) is 4.44. The maximum atomic E-state index is 12.8. The first-order valence-corrected chi connectivity index (χ1v) is 8.34. The van der Waals surface area contributed by atoms with Crippen molar-refractivity contribution in [1.82, 2.24) is 4.98 Å². The number of hydrogen-bond acceptors (Lipinski definition) is 6. The van der Waals surface area contributed by atoms with Gasteiger partial charge in [-0.15, -0.1) is 0 Å². The average molecular weight is 353 g/mol. The Hall–Kier alpha value is -3.22. The predicted octanol–water partition coefficient (Wildman–Crippen LogP) is 3.06. The quantitative estimate of drug-likeness (QED) is 0.760. The van der Waals surface area contributed by atoms with Crippen LogP contribution in [0.5, 0.6) is 11.5 Å². The van der Waals surface area contributed by atoms with E-state index in [9.17, 15) is 4.79 Å². The molecule has 2 aromatic carbocycles. The molecule has 0 spiro atoms. The molecule has 1 N–H and O–H groups in total. The highest BCUT2D eigenvalue weighted by molar-refractivity contribution is 6.01. The monoisotopic (exact) mass is 353 g/mol. The van der Waals surface area contributed by atoms with Crippen LogP contribution >= 0.6 is 0 Å². The zero-order valence-electron chi connectivity index (χ0n) is 14.6. The second-order valence-electron chi connectivity index (χ2n) is 6.03. The summed E-state index contributed by atoms with van der Waals surface area (Å²) in [5, 5.41) is 3.11. The summed E-state index contributed by atoms with van der Waals surface area (Å²) in [5.41, 5.74) is 2.19. The summed E-state index contributed by atoms with van der Waals surface area (Å²) in [6.45, 7) is 0.590. The van der Waals surface area contributed by atoms with Gasteiger partial charge in [-0.05, 0) is 18.6 Å². The Kier molecular flexibility index (Phi) is 4.12. The van der Waals surface area contributed by atoms with E-state index in [0.717, 1.165) is 11.2 Å². The van der Waals surface area contributed by atoms with E-state index in [1.807, 2.05) is 36.4 Å². The van der Waals surface area contributed by atoms with Gasteiger partial charge in [-0.1, -0.05) is 12.1 Å². The van der Waals surface area contributed by atoms with Crippen LogP contribution in [0.25, 0.3) is 11.1 Å². The average Bonchev–Trinajstić information content (AvgIpc) is 3.24. The molecule has 0 bridgehead atoms. The van der Waals surface area contributed by atoms with E-state index in [-0.39, 0.29) is 11.9 Å². The van der Waals surface area contributed by atoms with Crippen molar-refractivity contribution < 1.29 is 18.7 Å². The molecule has 0 saturated carbocycles. The highest BCUT2D eigenvalue weighted by Crippen LogP contribution is 2.31. The number of para-hydroxylation sites is 2. The van der Waals surface area contributed by atoms with Crippen molar-refractivity contribution in [2.24, 2.45) is 0 Å². The smallest absolute Gasteiger partial charge is 0.296 e. The number of aromatic nitrogens is 1. The van der Waals surface area contributed by atoms with Gasteiger partial charge in [0.1, 0.15) is 23.1 Å². The topological polar surface area (TPSA) is 76.8 Å².